The number of rotatable bonds is 7. The number of para-hydroxylation sites is 2. The number of aromatic nitrogens is 2. The normalized spacial score (nSPS) is 11.7. The molecule has 0 aliphatic carbocycles. The maximum atomic E-state index is 12.4. The average molecular weight is 358 g/mol. The molecular weight excluding hydrogens is 328 g/mol. The zero-order chi connectivity index (χ0) is 19.1. The van der Waals surface area contributed by atoms with Gasteiger partial charge in [0.15, 0.2) is 5.96 Å². The van der Waals surface area contributed by atoms with E-state index < -0.39 is 0 Å². The first-order valence-electron chi connectivity index (χ1n) is 9.19. The first kappa shape index (κ1) is 19.8. The molecule has 142 valence electrons. The molecule has 0 saturated heterocycles. The monoisotopic (exact) mass is 358 g/mol. The SMILES string of the molecule is CCNC(=NCc1nc2ccccc2n1C)N(C)CC(=O)N(CC)CC. The van der Waals surface area contributed by atoms with E-state index >= 15 is 0 Å². The number of hydrogen-bond donors (Lipinski definition) is 1. The van der Waals surface area contributed by atoms with Gasteiger partial charge in [0.05, 0.1) is 17.6 Å². The number of imidazole rings is 1. The minimum absolute atomic E-state index is 0.103. The average Bonchev–Trinajstić information content (AvgIpc) is 2.96. The van der Waals surface area contributed by atoms with Crippen LogP contribution in [-0.4, -0.2) is 64.4 Å². The first-order chi connectivity index (χ1) is 12.5. The lowest BCUT2D eigenvalue weighted by Crippen LogP contribution is -2.45. The highest BCUT2D eigenvalue weighted by Crippen LogP contribution is 2.14. The Morgan fingerprint density at radius 3 is 2.54 bits per heavy atom. The summed E-state index contributed by atoms with van der Waals surface area (Å²) in [7, 11) is 3.89. The topological polar surface area (TPSA) is 65.8 Å². The molecule has 0 fully saturated rings. The number of carbonyl (C=O) groups excluding carboxylic acids is 1. The number of nitrogens with one attached hydrogen (secondary N) is 1. The third-order valence-electron chi connectivity index (χ3n) is 4.44. The largest absolute Gasteiger partial charge is 0.357 e. The molecule has 1 aromatic heterocycles. The van der Waals surface area contributed by atoms with Crippen LogP contribution in [-0.2, 0) is 18.4 Å². The maximum Gasteiger partial charge on any atom is 0.242 e. The number of amides is 1. The van der Waals surface area contributed by atoms with Gasteiger partial charge in [-0.1, -0.05) is 12.1 Å². The number of hydrogen-bond acceptors (Lipinski definition) is 3. The van der Waals surface area contributed by atoms with E-state index in [1.165, 1.54) is 0 Å². The second-order valence-corrected chi connectivity index (χ2v) is 6.17. The van der Waals surface area contributed by atoms with Gasteiger partial charge in [0.2, 0.25) is 5.91 Å². The molecule has 0 saturated carbocycles. The van der Waals surface area contributed by atoms with Crippen molar-refractivity contribution in [2.45, 2.75) is 27.3 Å². The van der Waals surface area contributed by atoms with Crippen LogP contribution in [0.3, 0.4) is 0 Å². The fourth-order valence-electron chi connectivity index (χ4n) is 2.91. The summed E-state index contributed by atoms with van der Waals surface area (Å²) in [4.78, 5) is 25.4. The van der Waals surface area contributed by atoms with Crippen molar-refractivity contribution in [3.8, 4) is 0 Å². The van der Waals surface area contributed by atoms with Crippen LogP contribution in [0.2, 0.25) is 0 Å². The Kier molecular flexibility index (Phi) is 7.00. The number of fused-ring (bicyclic) bond motifs is 1. The van der Waals surface area contributed by atoms with Gasteiger partial charge in [-0.05, 0) is 32.9 Å². The minimum atomic E-state index is 0.103. The van der Waals surface area contributed by atoms with Crippen molar-refractivity contribution in [1.29, 1.82) is 0 Å². The number of carbonyl (C=O) groups is 1. The van der Waals surface area contributed by atoms with Gasteiger partial charge >= 0.3 is 0 Å². The van der Waals surface area contributed by atoms with Crippen molar-refractivity contribution < 1.29 is 4.79 Å². The Hall–Kier alpha value is -2.57. The van der Waals surface area contributed by atoms with Gasteiger partial charge in [-0.3, -0.25) is 4.79 Å². The van der Waals surface area contributed by atoms with E-state index in [1.54, 1.807) is 0 Å². The van der Waals surface area contributed by atoms with Crippen LogP contribution < -0.4 is 5.32 Å². The summed E-state index contributed by atoms with van der Waals surface area (Å²) in [5.41, 5.74) is 2.06. The Labute approximate surface area is 155 Å². The first-order valence-corrected chi connectivity index (χ1v) is 9.19. The van der Waals surface area contributed by atoms with Crippen molar-refractivity contribution in [2.75, 3.05) is 33.2 Å². The molecule has 0 radical (unpaired) electrons. The van der Waals surface area contributed by atoms with Crippen LogP contribution in [0.5, 0.6) is 0 Å². The molecule has 0 aliphatic heterocycles. The molecule has 1 amide bonds. The summed E-state index contributed by atoms with van der Waals surface area (Å²) in [6.07, 6.45) is 0. The molecule has 0 aliphatic rings. The van der Waals surface area contributed by atoms with E-state index in [2.05, 4.69) is 25.9 Å². The van der Waals surface area contributed by atoms with Crippen LogP contribution >= 0.6 is 0 Å². The van der Waals surface area contributed by atoms with Gasteiger partial charge in [0.1, 0.15) is 12.4 Å². The zero-order valence-electron chi connectivity index (χ0n) is 16.5. The van der Waals surface area contributed by atoms with Crippen molar-refractivity contribution in [2.24, 2.45) is 12.0 Å². The Morgan fingerprint density at radius 1 is 1.23 bits per heavy atom. The summed E-state index contributed by atoms with van der Waals surface area (Å²) in [5.74, 6) is 1.70. The molecule has 1 heterocycles. The lowest BCUT2D eigenvalue weighted by Gasteiger charge is -2.25. The van der Waals surface area contributed by atoms with E-state index in [-0.39, 0.29) is 5.91 Å². The summed E-state index contributed by atoms with van der Waals surface area (Å²) in [6, 6.07) is 8.05. The van der Waals surface area contributed by atoms with Crippen molar-refractivity contribution in [3.63, 3.8) is 0 Å². The maximum absolute atomic E-state index is 12.4. The van der Waals surface area contributed by atoms with Crippen molar-refractivity contribution >= 4 is 22.9 Å². The van der Waals surface area contributed by atoms with Gasteiger partial charge in [0, 0.05) is 33.7 Å². The highest BCUT2D eigenvalue weighted by Gasteiger charge is 2.15. The molecule has 1 aromatic carbocycles. The van der Waals surface area contributed by atoms with Gasteiger partial charge < -0.3 is 19.7 Å². The quantitative estimate of drug-likeness (QED) is 0.606. The number of aliphatic imine (C=N–C) groups is 1. The predicted molar refractivity (Wildman–Crippen MR) is 106 cm³/mol. The zero-order valence-corrected chi connectivity index (χ0v) is 16.5. The smallest absolute Gasteiger partial charge is 0.242 e. The molecule has 7 heteroatoms. The molecule has 2 aromatic rings. The van der Waals surface area contributed by atoms with E-state index in [9.17, 15) is 4.79 Å². The number of nitrogens with zero attached hydrogens (tertiary/aromatic N) is 5. The summed E-state index contributed by atoms with van der Waals surface area (Å²) in [5, 5.41) is 3.25. The summed E-state index contributed by atoms with van der Waals surface area (Å²) < 4.78 is 2.06. The van der Waals surface area contributed by atoms with Gasteiger partial charge in [-0.25, -0.2) is 9.98 Å². The Balaban J connectivity index is 2.14. The predicted octanol–water partition coefficient (Wildman–Crippen LogP) is 1.84. The third-order valence-corrected chi connectivity index (χ3v) is 4.44. The van der Waals surface area contributed by atoms with Crippen LogP contribution in [0.4, 0.5) is 0 Å². The molecular formula is C19H30N6O. The minimum Gasteiger partial charge on any atom is -0.357 e. The molecule has 1 N–H and O–H groups in total. The Morgan fingerprint density at radius 2 is 1.92 bits per heavy atom. The van der Waals surface area contributed by atoms with Gasteiger partial charge in [-0.2, -0.15) is 0 Å². The van der Waals surface area contributed by atoms with Crippen LogP contribution in [0.15, 0.2) is 29.3 Å². The van der Waals surface area contributed by atoms with Crippen LogP contribution in [0.1, 0.15) is 26.6 Å². The highest BCUT2D eigenvalue weighted by atomic mass is 16.2. The lowest BCUT2D eigenvalue weighted by atomic mass is 10.3. The second kappa shape index (κ2) is 9.22. The molecule has 26 heavy (non-hydrogen) atoms. The summed E-state index contributed by atoms with van der Waals surface area (Å²) in [6.45, 7) is 8.94. The van der Waals surface area contributed by atoms with E-state index in [0.29, 0.717) is 19.0 Å². The van der Waals surface area contributed by atoms with Crippen molar-refractivity contribution in [1.82, 2.24) is 24.7 Å². The Bertz CT molecular complexity index is 762. The summed E-state index contributed by atoms with van der Waals surface area (Å²) >= 11 is 0. The van der Waals surface area contributed by atoms with Crippen LogP contribution in [0, 0.1) is 0 Å². The number of guanidine groups is 1. The highest BCUT2D eigenvalue weighted by molar-refractivity contribution is 5.86. The molecule has 0 spiro atoms. The van der Waals surface area contributed by atoms with Crippen molar-refractivity contribution in [3.05, 3.63) is 30.1 Å². The van der Waals surface area contributed by atoms with Gasteiger partial charge in [0.25, 0.3) is 0 Å². The molecule has 2 rings (SSSR count). The number of likely N-dealkylation sites (N-methyl/N-ethyl adjacent to an activating group) is 2. The van der Waals surface area contributed by atoms with Crippen LogP contribution in [0.25, 0.3) is 11.0 Å². The molecule has 7 nitrogen and oxygen atoms in total. The van der Waals surface area contributed by atoms with E-state index in [4.69, 9.17) is 0 Å². The van der Waals surface area contributed by atoms with E-state index in [0.717, 1.165) is 36.5 Å². The second-order valence-electron chi connectivity index (χ2n) is 6.17. The molecule has 0 unspecified atom stereocenters. The number of aryl methyl sites for hydroxylation is 1. The standard InChI is InChI=1S/C19H30N6O/c1-6-20-19(23(4)14-18(26)25(7-2)8-3)21-13-17-22-15-11-9-10-12-16(15)24(17)5/h9-12H,6-8,13-14H2,1-5H3,(H,20,21). The molecule has 0 atom stereocenters. The molecule has 0 bridgehead atoms. The third kappa shape index (κ3) is 4.53. The van der Waals surface area contributed by atoms with E-state index in [1.807, 2.05) is 62.9 Å². The number of benzene rings is 1. The fourth-order valence-corrected chi connectivity index (χ4v) is 2.91. The van der Waals surface area contributed by atoms with Gasteiger partial charge in [-0.15, -0.1) is 0 Å². The fraction of sp³-hybridized carbons (Fsp3) is 0.526. The lowest BCUT2D eigenvalue weighted by molar-refractivity contribution is -0.131.